The normalized spacial score (nSPS) is 16.4. The first-order valence-electron chi connectivity index (χ1n) is 5.64. The molecule has 0 radical (unpaired) electrons. The van der Waals surface area contributed by atoms with Crippen LogP contribution in [0, 0.1) is 5.41 Å². The smallest absolute Gasteiger partial charge is 0.319 e. The fourth-order valence-electron chi connectivity index (χ4n) is 1.61. The van der Waals surface area contributed by atoms with E-state index in [4.69, 9.17) is 17.3 Å². The Morgan fingerprint density at radius 1 is 1.35 bits per heavy atom. The van der Waals surface area contributed by atoms with Crippen molar-refractivity contribution in [1.82, 2.24) is 5.32 Å². The van der Waals surface area contributed by atoms with Crippen molar-refractivity contribution in [2.45, 2.75) is 12.8 Å². The monoisotopic (exact) mass is 253 g/mol. The molecule has 1 aliphatic carbocycles. The SMILES string of the molecule is NCC1(CNC(=O)Nc2ccc(Cl)cc2)CC1. The molecule has 0 bridgehead atoms. The van der Waals surface area contributed by atoms with Gasteiger partial charge in [0.15, 0.2) is 0 Å². The van der Waals surface area contributed by atoms with Crippen LogP contribution in [0.25, 0.3) is 0 Å². The molecule has 92 valence electrons. The molecule has 2 rings (SSSR count). The number of nitrogens with two attached hydrogens (primary N) is 1. The molecule has 4 nitrogen and oxygen atoms in total. The predicted molar refractivity (Wildman–Crippen MR) is 69.2 cm³/mol. The lowest BCUT2D eigenvalue weighted by atomic mass is 10.1. The zero-order chi connectivity index (χ0) is 12.3. The van der Waals surface area contributed by atoms with E-state index in [2.05, 4.69) is 10.6 Å². The first kappa shape index (κ1) is 12.2. The van der Waals surface area contributed by atoms with Crippen LogP contribution in [-0.4, -0.2) is 19.1 Å². The summed E-state index contributed by atoms with van der Waals surface area (Å²) in [4.78, 5) is 11.6. The first-order chi connectivity index (χ1) is 8.13. The Bertz CT molecular complexity index is 401. The largest absolute Gasteiger partial charge is 0.337 e. The lowest BCUT2D eigenvalue weighted by Crippen LogP contribution is -2.36. The number of rotatable bonds is 4. The van der Waals surface area contributed by atoms with Crippen LogP contribution in [0.2, 0.25) is 5.02 Å². The minimum Gasteiger partial charge on any atom is -0.337 e. The maximum atomic E-state index is 11.6. The molecular weight excluding hydrogens is 238 g/mol. The van der Waals surface area contributed by atoms with Gasteiger partial charge in [0.25, 0.3) is 0 Å². The molecule has 2 amide bonds. The third-order valence-corrected chi connectivity index (χ3v) is 3.37. The summed E-state index contributed by atoms with van der Waals surface area (Å²) in [6, 6.07) is 6.79. The summed E-state index contributed by atoms with van der Waals surface area (Å²) in [5, 5.41) is 6.23. The molecule has 0 aromatic heterocycles. The van der Waals surface area contributed by atoms with Crippen LogP contribution < -0.4 is 16.4 Å². The van der Waals surface area contributed by atoms with E-state index in [1.54, 1.807) is 24.3 Å². The van der Waals surface area contributed by atoms with Crippen LogP contribution in [0.1, 0.15) is 12.8 Å². The van der Waals surface area contributed by atoms with Gasteiger partial charge in [-0.25, -0.2) is 4.79 Å². The van der Waals surface area contributed by atoms with Crippen LogP contribution in [0.3, 0.4) is 0 Å². The minimum absolute atomic E-state index is 0.150. The average molecular weight is 254 g/mol. The first-order valence-corrected chi connectivity index (χ1v) is 6.02. The second-order valence-corrected chi connectivity index (χ2v) is 4.96. The van der Waals surface area contributed by atoms with Crippen LogP contribution in [0.5, 0.6) is 0 Å². The molecule has 0 saturated heterocycles. The molecule has 0 unspecified atom stereocenters. The van der Waals surface area contributed by atoms with Gasteiger partial charge in [0.2, 0.25) is 0 Å². The number of carbonyl (C=O) groups excluding carboxylic acids is 1. The number of anilines is 1. The number of benzene rings is 1. The van der Waals surface area contributed by atoms with Crippen molar-refractivity contribution in [2.75, 3.05) is 18.4 Å². The highest BCUT2D eigenvalue weighted by Gasteiger charge is 2.41. The molecule has 1 aromatic carbocycles. The Balaban J connectivity index is 1.79. The number of hydrogen-bond donors (Lipinski definition) is 3. The highest BCUT2D eigenvalue weighted by molar-refractivity contribution is 6.30. The zero-order valence-corrected chi connectivity index (χ0v) is 10.3. The predicted octanol–water partition coefficient (Wildman–Crippen LogP) is 2.20. The highest BCUT2D eigenvalue weighted by atomic mass is 35.5. The quantitative estimate of drug-likeness (QED) is 0.770. The van der Waals surface area contributed by atoms with Crippen molar-refractivity contribution < 1.29 is 4.79 Å². The average Bonchev–Trinajstić information content (AvgIpc) is 3.10. The van der Waals surface area contributed by atoms with Gasteiger partial charge in [0, 0.05) is 22.7 Å². The summed E-state index contributed by atoms with van der Waals surface area (Å²) in [5.74, 6) is 0. The van der Waals surface area contributed by atoms with Crippen LogP contribution in [-0.2, 0) is 0 Å². The molecule has 1 saturated carbocycles. The lowest BCUT2D eigenvalue weighted by molar-refractivity contribution is 0.249. The van der Waals surface area contributed by atoms with Gasteiger partial charge in [0.05, 0.1) is 0 Å². The number of hydrogen-bond acceptors (Lipinski definition) is 2. The van der Waals surface area contributed by atoms with E-state index < -0.39 is 0 Å². The van der Waals surface area contributed by atoms with Gasteiger partial charge in [-0.2, -0.15) is 0 Å². The van der Waals surface area contributed by atoms with Crippen LogP contribution in [0.4, 0.5) is 10.5 Å². The van der Waals surface area contributed by atoms with Gasteiger partial charge in [-0.1, -0.05) is 11.6 Å². The number of urea groups is 1. The molecule has 5 heteroatoms. The Morgan fingerprint density at radius 2 is 2.00 bits per heavy atom. The Labute approximate surface area is 106 Å². The number of carbonyl (C=O) groups is 1. The van der Waals surface area contributed by atoms with E-state index in [1.165, 1.54) is 0 Å². The summed E-state index contributed by atoms with van der Waals surface area (Å²) < 4.78 is 0. The molecule has 0 aliphatic heterocycles. The van der Waals surface area contributed by atoms with Crippen molar-refractivity contribution in [3.63, 3.8) is 0 Å². The van der Waals surface area contributed by atoms with Gasteiger partial charge in [-0.3, -0.25) is 0 Å². The fourth-order valence-corrected chi connectivity index (χ4v) is 1.73. The highest BCUT2D eigenvalue weighted by Crippen LogP contribution is 2.43. The summed E-state index contributed by atoms with van der Waals surface area (Å²) >= 11 is 5.75. The molecule has 1 aromatic rings. The van der Waals surface area contributed by atoms with E-state index in [0.717, 1.165) is 18.5 Å². The van der Waals surface area contributed by atoms with Crippen molar-refractivity contribution in [2.24, 2.45) is 11.1 Å². The van der Waals surface area contributed by atoms with Gasteiger partial charge < -0.3 is 16.4 Å². The zero-order valence-electron chi connectivity index (χ0n) is 9.50. The Hall–Kier alpha value is -1.26. The molecule has 0 atom stereocenters. The Kier molecular flexibility index (Phi) is 3.54. The molecule has 17 heavy (non-hydrogen) atoms. The minimum atomic E-state index is -0.202. The van der Waals surface area contributed by atoms with E-state index in [0.29, 0.717) is 18.1 Å². The van der Waals surface area contributed by atoms with Crippen LogP contribution in [0.15, 0.2) is 24.3 Å². The number of amides is 2. The van der Waals surface area contributed by atoms with Crippen molar-refractivity contribution in [3.05, 3.63) is 29.3 Å². The van der Waals surface area contributed by atoms with E-state index in [1.807, 2.05) is 0 Å². The number of nitrogens with one attached hydrogen (secondary N) is 2. The summed E-state index contributed by atoms with van der Waals surface area (Å²) in [5.41, 5.74) is 6.51. The van der Waals surface area contributed by atoms with E-state index in [-0.39, 0.29) is 11.4 Å². The Morgan fingerprint density at radius 3 is 2.53 bits per heavy atom. The van der Waals surface area contributed by atoms with Gasteiger partial charge in [-0.15, -0.1) is 0 Å². The second kappa shape index (κ2) is 4.94. The maximum Gasteiger partial charge on any atom is 0.319 e. The molecular formula is C12H16ClN3O. The lowest BCUT2D eigenvalue weighted by Gasteiger charge is -2.13. The fraction of sp³-hybridized carbons (Fsp3) is 0.417. The standard InChI is InChI=1S/C12H16ClN3O/c13-9-1-3-10(4-2-9)16-11(17)15-8-12(7-14)5-6-12/h1-4H,5-8,14H2,(H2,15,16,17). The van der Waals surface area contributed by atoms with Crippen molar-refractivity contribution >= 4 is 23.3 Å². The molecule has 4 N–H and O–H groups in total. The molecule has 1 aliphatic rings. The van der Waals surface area contributed by atoms with E-state index >= 15 is 0 Å². The molecule has 0 heterocycles. The summed E-state index contributed by atoms with van der Waals surface area (Å²) in [6.07, 6.45) is 2.20. The van der Waals surface area contributed by atoms with Gasteiger partial charge >= 0.3 is 6.03 Å². The van der Waals surface area contributed by atoms with Gasteiger partial charge in [0.1, 0.15) is 0 Å². The summed E-state index contributed by atoms with van der Waals surface area (Å²) in [6.45, 7) is 1.27. The third-order valence-electron chi connectivity index (χ3n) is 3.12. The third kappa shape index (κ3) is 3.35. The second-order valence-electron chi connectivity index (χ2n) is 4.52. The topological polar surface area (TPSA) is 67.1 Å². The van der Waals surface area contributed by atoms with E-state index in [9.17, 15) is 4.79 Å². The maximum absolute atomic E-state index is 11.6. The van der Waals surface area contributed by atoms with Crippen molar-refractivity contribution in [3.8, 4) is 0 Å². The summed E-state index contributed by atoms with van der Waals surface area (Å²) in [7, 11) is 0. The van der Waals surface area contributed by atoms with Gasteiger partial charge in [-0.05, 0) is 43.7 Å². The molecule has 0 spiro atoms. The number of halogens is 1. The van der Waals surface area contributed by atoms with Crippen molar-refractivity contribution in [1.29, 1.82) is 0 Å². The molecule has 1 fully saturated rings. The van der Waals surface area contributed by atoms with Crippen LogP contribution >= 0.6 is 11.6 Å².